The number of non-ortho nitro benzene ring substituents is 1. The lowest BCUT2D eigenvalue weighted by Crippen LogP contribution is -2.20. The molecule has 0 spiro atoms. The maximum atomic E-state index is 10.8. The Hall–Kier alpha value is -2.40. The van der Waals surface area contributed by atoms with E-state index in [-0.39, 0.29) is 16.5 Å². The van der Waals surface area contributed by atoms with Crippen LogP contribution in [0.4, 0.5) is 5.69 Å². The Kier molecular flexibility index (Phi) is 4.06. The van der Waals surface area contributed by atoms with Crippen molar-refractivity contribution in [3.63, 3.8) is 0 Å². The quantitative estimate of drug-likeness (QED) is 0.699. The van der Waals surface area contributed by atoms with Crippen LogP contribution in [-0.4, -0.2) is 25.1 Å². The van der Waals surface area contributed by atoms with Crippen LogP contribution in [0.1, 0.15) is 22.6 Å². The first-order valence-corrected chi connectivity index (χ1v) is 7.31. The highest BCUT2D eigenvalue weighted by molar-refractivity contribution is 5.45. The molecule has 5 nitrogen and oxygen atoms in total. The van der Waals surface area contributed by atoms with Gasteiger partial charge in [-0.2, -0.15) is 0 Å². The molecule has 1 N–H and O–H groups in total. The van der Waals surface area contributed by atoms with Gasteiger partial charge < -0.3 is 10.1 Å². The van der Waals surface area contributed by atoms with Crippen molar-refractivity contribution in [1.29, 1.82) is 0 Å². The maximum absolute atomic E-state index is 10.8. The Morgan fingerprint density at radius 2 is 2.00 bits per heavy atom. The second-order valence-corrected chi connectivity index (χ2v) is 5.42. The lowest BCUT2D eigenvalue weighted by Gasteiger charge is -2.19. The van der Waals surface area contributed by atoms with Crippen molar-refractivity contribution in [3.05, 3.63) is 69.3 Å². The molecule has 0 saturated heterocycles. The summed E-state index contributed by atoms with van der Waals surface area (Å²) in [5.74, 6) is 1.01. The molecule has 2 aromatic rings. The molecule has 0 amide bonds. The molecule has 114 valence electrons. The molecule has 1 atom stereocenters. The lowest BCUT2D eigenvalue weighted by atomic mass is 9.88. The fraction of sp³-hybridized carbons (Fsp3) is 0.294. The number of methoxy groups -OCH3 is 1. The first-order chi connectivity index (χ1) is 10.7. The Morgan fingerprint density at radius 3 is 2.68 bits per heavy atom. The highest BCUT2D eigenvalue weighted by Crippen LogP contribution is 2.32. The second-order valence-electron chi connectivity index (χ2n) is 5.42. The standard InChI is InChI=1S/C17H18N2O3/c1-22-15-7-4-13-8-9-18-11-17(16(13)10-15)12-2-5-14(6-3-12)19(20)21/h2-7,10,17-18H,8-9,11H2,1H3/t17-/m1/s1. The van der Waals surface area contributed by atoms with Crippen molar-refractivity contribution in [2.75, 3.05) is 20.2 Å². The molecular formula is C17H18N2O3. The van der Waals surface area contributed by atoms with Crippen molar-refractivity contribution < 1.29 is 9.66 Å². The Balaban J connectivity index is 2.01. The number of ether oxygens (including phenoxy) is 1. The summed E-state index contributed by atoms with van der Waals surface area (Å²) in [4.78, 5) is 10.4. The maximum Gasteiger partial charge on any atom is 0.269 e. The summed E-state index contributed by atoms with van der Waals surface area (Å²) in [7, 11) is 1.66. The van der Waals surface area contributed by atoms with Gasteiger partial charge in [0, 0.05) is 24.6 Å². The van der Waals surface area contributed by atoms with E-state index >= 15 is 0 Å². The number of hydrogen-bond acceptors (Lipinski definition) is 4. The largest absolute Gasteiger partial charge is 0.497 e. The molecule has 3 rings (SSSR count). The van der Waals surface area contributed by atoms with E-state index in [0.29, 0.717) is 0 Å². The van der Waals surface area contributed by atoms with Gasteiger partial charge in [0.05, 0.1) is 12.0 Å². The van der Waals surface area contributed by atoms with E-state index in [1.165, 1.54) is 11.1 Å². The van der Waals surface area contributed by atoms with Crippen molar-refractivity contribution in [3.8, 4) is 5.75 Å². The smallest absolute Gasteiger partial charge is 0.269 e. The first kappa shape index (κ1) is 14.5. The summed E-state index contributed by atoms with van der Waals surface area (Å²) < 4.78 is 5.35. The molecule has 5 heteroatoms. The molecule has 0 fully saturated rings. The number of hydrogen-bond donors (Lipinski definition) is 1. The fourth-order valence-corrected chi connectivity index (χ4v) is 2.96. The minimum atomic E-state index is -0.369. The van der Waals surface area contributed by atoms with Gasteiger partial charge in [-0.3, -0.25) is 10.1 Å². The van der Waals surface area contributed by atoms with Crippen LogP contribution in [0, 0.1) is 10.1 Å². The highest BCUT2D eigenvalue weighted by Gasteiger charge is 2.21. The van der Waals surface area contributed by atoms with E-state index in [4.69, 9.17) is 4.74 Å². The van der Waals surface area contributed by atoms with Crippen LogP contribution in [0.25, 0.3) is 0 Å². The molecule has 2 aromatic carbocycles. The molecule has 0 unspecified atom stereocenters. The number of benzene rings is 2. The molecule has 0 aliphatic carbocycles. The molecular weight excluding hydrogens is 280 g/mol. The van der Waals surface area contributed by atoms with Crippen LogP contribution in [0.15, 0.2) is 42.5 Å². The summed E-state index contributed by atoms with van der Waals surface area (Å²) in [6, 6.07) is 13.0. The molecule has 1 aliphatic rings. The van der Waals surface area contributed by atoms with Gasteiger partial charge in [0.2, 0.25) is 0 Å². The summed E-state index contributed by atoms with van der Waals surface area (Å²) in [6.07, 6.45) is 0.975. The predicted molar refractivity (Wildman–Crippen MR) is 84.5 cm³/mol. The number of nitrogens with one attached hydrogen (secondary N) is 1. The fourth-order valence-electron chi connectivity index (χ4n) is 2.96. The number of rotatable bonds is 3. The topological polar surface area (TPSA) is 64.4 Å². The van der Waals surface area contributed by atoms with E-state index in [1.807, 2.05) is 18.2 Å². The zero-order chi connectivity index (χ0) is 15.5. The molecule has 0 radical (unpaired) electrons. The van der Waals surface area contributed by atoms with Crippen LogP contribution >= 0.6 is 0 Å². The monoisotopic (exact) mass is 298 g/mol. The number of nitro groups is 1. The van der Waals surface area contributed by atoms with E-state index in [9.17, 15) is 10.1 Å². The summed E-state index contributed by atoms with van der Waals surface area (Å²) in [5.41, 5.74) is 3.73. The normalized spacial score (nSPS) is 17.4. The Morgan fingerprint density at radius 1 is 1.23 bits per heavy atom. The van der Waals surface area contributed by atoms with Gasteiger partial charge in [0.25, 0.3) is 5.69 Å². The van der Waals surface area contributed by atoms with Gasteiger partial charge in [0.1, 0.15) is 5.75 Å². The molecule has 0 saturated carbocycles. The summed E-state index contributed by atoms with van der Waals surface area (Å²) in [5, 5.41) is 14.2. The van der Waals surface area contributed by atoms with Crippen LogP contribution < -0.4 is 10.1 Å². The average Bonchev–Trinajstić information content (AvgIpc) is 2.76. The van der Waals surface area contributed by atoms with Crippen molar-refractivity contribution in [2.45, 2.75) is 12.3 Å². The van der Waals surface area contributed by atoms with Gasteiger partial charge >= 0.3 is 0 Å². The zero-order valence-corrected chi connectivity index (χ0v) is 12.4. The number of fused-ring (bicyclic) bond motifs is 1. The zero-order valence-electron chi connectivity index (χ0n) is 12.4. The van der Waals surface area contributed by atoms with Gasteiger partial charge in [0.15, 0.2) is 0 Å². The minimum Gasteiger partial charge on any atom is -0.497 e. The van der Waals surface area contributed by atoms with Crippen LogP contribution in [-0.2, 0) is 6.42 Å². The van der Waals surface area contributed by atoms with Crippen molar-refractivity contribution in [1.82, 2.24) is 5.32 Å². The molecule has 1 aliphatic heterocycles. The SMILES string of the molecule is COc1ccc2c(c1)[C@@H](c1ccc([N+](=O)[O-])cc1)CNCC2. The van der Waals surface area contributed by atoms with E-state index < -0.39 is 0 Å². The van der Waals surface area contributed by atoms with Crippen LogP contribution in [0.5, 0.6) is 5.75 Å². The first-order valence-electron chi connectivity index (χ1n) is 7.31. The number of nitro benzene ring substituents is 1. The Labute approximate surface area is 129 Å². The van der Waals surface area contributed by atoms with Crippen LogP contribution in [0.2, 0.25) is 0 Å². The molecule has 0 aromatic heterocycles. The highest BCUT2D eigenvalue weighted by atomic mass is 16.6. The van der Waals surface area contributed by atoms with E-state index in [1.54, 1.807) is 19.2 Å². The molecule has 1 heterocycles. The lowest BCUT2D eigenvalue weighted by molar-refractivity contribution is -0.384. The van der Waals surface area contributed by atoms with Crippen molar-refractivity contribution >= 4 is 5.69 Å². The van der Waals surface area contributed by atoms with Crippen molar-refractivity contribution in [2.24, 2.45) is 0 Å². The molecule has 22 heavy (non-hydrogen) atoms. The Bertz CT molecular complexity index is 683. The van der Waals surface area contributed by atoms with Crippen LogP contribution in [0.3, 0.4) is 0 Å². The van der Waals surface area contributed by atoms with Gasteiger partial charge in [-0.1, -0.05) is 18.2 Å². The third kappa shape index (κ3) is 2.80. The predicted octanol–water partition coefficient (Wildman–Crippen LogP) is 2.88. The summed E-state index contributed by atoms with van der Waals surface area (Å²) in [6.45, 7) is 1.75. The van der Waals surface area contributed by atoms with E-state index in [0.717, 1.165) is 30.8 Å². The van der Waals surface area contributed by atoms with Gasteiger partial charge in [-0.15, -0.1) is 0 Å². The minimum absolute atomic E-state index is 0.121. The second kappa shape index (κ2) is 6.15. The average molecular weight is 298 g/mol. The third-order valence-corrected chi connectivity index (χ3v) is 4.15. The summed E-state index contributed by atoms with van der Waals surface area (Å²) >= 11 is 0. The van der Waals surface area contributed by atoms with Gasteiger partial charge in [-0.05, 0) is 41.8 Å². The number of nitrogens with zero attached hydrogens (tertiary/aromatic N) is 1. The third-order valence-electron chi connectivity index (χ3n) is 4.15. The molecule has 0 bridgehead atoms. The van der Waals surface area contributed by atoms with E-state index in [2.05, 4.69) is 17.4 Å². The van der Waals surface area contributed by atoms with Gasteiger partial charge in [-0.25, -0.2) is 0 Å².